The molecule has 15 heavy (non-hydrogen) atoms. The van der Waals surface area contributed by atoms with E-state index in [2.05, 4.69) is 13.5 Å². The Kier molecular flexibility index (Phi) is 7.05. The van der Waals surface area contributed by atoms with E-state index in [0.29, 0.717) is 18.1 Å². The first-order valence-corrected chi connectivity index (χ1v) is 5.44. The third kappa shape index (κ3) is 8.18. The summed E-state index contributed by atoms with van der Waals surface area (Å²) in [6.45, 7) is 9.46. The monoisotopic (exact) mass is 214 g/mol. The molecule has 0 aliphatic carbocycles. The number of aliphatic hydroxyl groups excluding tert-OH is 1. The smallest absolute Gasteiger partial charge is 0.333 e. The van der Waals surface area contributed by atoms with Gasteiger partial charge in [0.05, 0.1) is 12.7 Å². The fraction of sp³-hybridized carbons (Fsp3) is 0.750. The van der Waals surface area contributed by atoms with Crippen molar-refractivity contribution in [1.29, 1.82) is 0 Å². The summed E-state index contributed by atoms with van der Waals surface area (Å²) in [5.41, 5.74) is 0.437. The Balaban J connectivity index is 3.46. The van der Waals surface area contributed by atoms with Crippen LogP contribution < -0.4 is 0 Å². The fourth-order valence-corrected chi connectivity index (χ4v) is 1.42. The maximum absolute atomic E-state index is 11.0. The van der Waals surface area contributed by atoms with Gasteiger partial charge in [-0.25, -0.2) is 4.79 Å². The molecule has 3 heteroatoms. The molecular formula is C12H22O3. The minimum absolute atomic E-state index is 0.252. The number of aliphatic hydroxyl groups is 1. The van der Waals surface area contributed by atoms with Crippen LogP contribution >= 0.6 is 0 Å². The molecule has 2 unspecified atom stereocenters. The predicted molar refractivity (Wildman–Crippen MR) is 60.5 cm³/mol. The quantitative estimate of drug-likeness (QED) is 0.402. The third-order valence-corrected chi connectivity index (χ3v) is 2.17. The molecule has 88 valence electrons. The lowest BCUT2D eigenvalue weighted by Gasteiger charge is -2.12. The van der Waals surface area contributed by atoms with Crippen LogP contribution in [0.25, 0.3) is 0 Å². The standard InChI is InChI=1S/C12H22O3/c1-9(2)12(14)15-7-5-6-10(3)8-11(4)13/h10-11,13H,1,5-8H2,2-4H3. The van der Waals surface area contributed by atoms with Crippen molar-refractivity contribution in [3.05, 3.63) is 12.2 Å². The Morgan fingerprint density at radius 3 is 2.53 bits per heavy atom. The molecule has 0 fully saturated rings. The summed E-state index contributed by atoms with van der Waals surface area (Å²) in [6, 6.07) is 0. The normalized spacial score (nSPS) is 14.4. The topological polar surface area (TPSA) is 46.5 Å². The van der Waals surface area contributed by atoms with E-state index < -0.39 is 0 Å². The van der Waals surface area contributed by atoms with Crippen LogP contribution in [0, 0.1) is 5.92 Å². The maximum atomic E-state index is 11.0. The van der Waals surface area contributed by atoms with Gasteiger partial charge in [-0.05, 0) is 39.0 Å². The maximum Gasteiger partial charge on any atom is 0.333 e. The molecule has 0 radical (unpaired) electrons. The Bertz CT molecular complexity index is 209. The second-order valence-corrected chi connectivity index (χ2v) is 4.25. The van der Waals surface area contributed by atoms with Crippen LogP contribution in [-0.2, 0) is 9.53 Å². The summed E-state index contributed by atoms with van der Waals surface area (Å²) in [7, 11) is 0. The number of ether oxygens (including phenoxy) is 1. The first-order valence-electron chi connectivity index (χ1n) is 5.44. The molecule has 0 aromatic carbocycles. The van der Waals surface area contributed by atoms with Gasteiger partial charge in [0.1, 0.15) is 0 Å². The molecule has 0 heterocycles. The van der Waals surface area contributed by atoms with Crippen LogP contribution in [0.3, 0.4) is 0 Å². The molecule has 0 aliphatic rings. The van der Waals surface area contributed by atoms with E-state index in [9.17, 15) is 4.79 Å². The summed E-state index contributed by atoms with van der Waals surface area (Å²) in [5.74, 6) is 0.145. The molecule has 0 amide bonds. The average molecular weight is 214 g/mol. The van der Waals surface area contributed by atoms with E-state index >= 15 is 0 Å². The number of rotatable bonds is 7. The van der Waals surface area contributed by atoms with Crippen LogP contribution in [0.2, 0.25) is 0 Å². The third-order valence-electron chi connectivity index (χ3n) is 2.17. The zero-order valence-electron chi connectivity index (χ0n) is 9.95. The molecule has 0 aromatic heterocycles. The highest BCUT2D eigenvalue weighted by molar-refractivity contribution is 5.86. The SMILES string of the molecule is C=C(C)C(=O)OCCCC(C)CC(C)O. The molecule has 0 aliphatic heterocycles. The molecule has 1 N–H and O–H groups in total. The Hall–Kier alpha value is -0.830. The van der Waals surface area contributed by atoms with Crippen LogP contribution in [0.1, 0.15) is 40.0 Å². The minimum Gasteiger partial charge on any atom is -0.462 e. The van der Waals surface area contributed by atoms with E-state index in [-0.39, 0.29) is 12.1 Å². The van der Waals surface area contributed by atoms with Gasteiger partial charge in [-0.2, -0.15) is 0 Å². The lowest BCUT2D eigenvalue weighted by Crippen LogP contribution is -2.10. The molecule has 0 saturated heterocycles. The van der Waals surface area contributed by atoms with Crippen LogP contribution in [0.4, 0.5) is 0 Å². The van der Waals surface area contributed by atoms with Crippen molar-refractivity contribution in [3.63, 3.8) is 0 Å². The minimum atomic E-state index is -0.321. The average Bonchev–Trinajstić information content (AvgIpc) is 2.10. The molecule has 0 aromatic rings. The Morgan fingerprint density at radius 2 is 2.07 bits per heavy atom. The first-order chi connectivity index (χ1) is 6.93. The van der Waals surface area contributed by atoms with E-state index in [0.717, 1.165) is 19.3 Å². The predicted octanol–water partition coefficient (Wildman–Crippen LogP) is 2.29. The van der Waals surface area contributed by atoms with Gasteiger partial charge in [0.25, 0.3) is 0 Å². The largest absolute Gasteiger partial charge is 0.462 e. The molecular weight excluding hydrogens is 192 g/mol. The van der Waals surface area contributed by atoms with E-state index in [1.807, 2.05) is 0 Å². The van der Waals surface area contributed by atoms with Crippen molar-refractivity contribution in [2.75, 3.05) is 6.61 Å². The molecule has 2 atom stereocenters. The first kappa shape index (κ1) is 14.2. The summed E-state index contributed by atoms with van der Waals surface area (Å²) in [6.07, 6.45) is 2.35. The second-order valence-electron chi connectivity index (χ2n) is 4.25. The lowest BCUT2D eigenvalue weighted by atomic mass is 9.99. The van der Waals surface area contributed by atoms with Crippen molar-refractivity contribution in [2.24, 2.45) is 5.92 Å². The summed E-state index contributed by atoms with van der Waals surface area (Å²) < 4.78 is 4.96. The Morgan fingerprint density at radius 1 is 1.47 bits per heavy atom. The van der Waals surface area contributed by atoms with E-state index in [4.69, 9.17) is 9.84 Å². The second kappa shape index (κ2) is 7.46. The van der Waals surface area contributed by atoms with E-state index in [1.165, 1.54) is 0 Å². The van der Waals surface area contributed by atoms with Gasteiger partial charge in [-0.1, -0.05) is 13.5 Å². The fourth-order valence-electron chi connectivity index (χ4n) is 1.42. The zero-order valence-corrected chi connectivity index (χ0v) is 9.95. The molecule has 0 saturated carbocycles. The summed E-state index contributed by atoms with van der Waals surface area (Å²) >= 11 is 0. The number of carbonyl (C=O) groups excluding carboxylic acids is 1. The number of hydrogen-bond donors (Lipinski definition) is 1. The van der Waals surface area contributed by atoms with Crippen LogP contribution in [-0.4, -0.2) is 23.8 Å². The van der Waals surface area contributed by atoms with Crippen molar-refractivity contribution < 1.29 is 14.6 Å². The molecule has 0 rings (SSSR count). The highest BCUT2D eigenvalue weighted by Crippen LogP contribution is 2.12. The van der Waals surface area contributed by atoms with Crippen molar-refractivity contribution in [1.82, 2.24) is 0 Å². The van der Waals surface area contributed by atoms with Gasteiger partial charge >= 0.3 is 5.97 Å². The van der Waals surface area contributed by atoms with Gasteiger partial charge in [0.2, 0.25) is 0 Å². The highest BCUT2D eigenvalue weighted by Gasteiger charge is 2.07. The van der Waals surface area contributed by atoms with Crippen LogP contribution in [0.15, 0.2) is 12.2 Å². The van der Waals surface area contributed by atoms with E-state index in [1.54, 1.807) is 13.8 Å². The lowest BCUT2D eigenvalue weighted by molar-refractivity contribution is -0.139. The van der Waals surface area contributed by atoms with Gasteiger partial charge in [0, 0.05) is 5.57 Å². The van der Waals surface area contributed by atoms with Gasteiger partial charge < -0.3 is 9.84 Å². The van der Waals surface area contributed by atoms with Gasteiger partial charge in [-0.3, -0.25) is 0 Å². The molecule has 0 bridgehead atoms. The highest BCUT2D eigenvalue weighted by atomic mass is 16.5. The van der Waals surface area contributed by atoms with Gasteiger partial charge in [0.15, 0.2) is 0 Å². The van der Waals surface area contributed by atoms with Crippen molar-refractivity contribution >= 4 is 5.97 Å². The Labute approximate surface area is 92.1 Å². The van der Waals surface area contributed by atoms with Gasteiger partial charge in [-0.15, -0.1) is 0 Å². The molecule has 3 nitrogen and oxygen atoms in total. The van der Waals surface area contributed by atoms with Crippen LogP contribution in [0.5, 0.6) is 0 Å². The number of esters is 1. The number of hydrogen-bond acceptors (Lipinski definition) is 3. The number of carbonyl (C=O) groups is 1. The van der Waals surface area contributed by atoms with Crippen molar-refractivity contribution in [3.8, 4) is 0 Å². The summed E-state index contributed by atoms with van der Waals surface area (Å²) in [4.78, 5) is 11.0. The zero-order chi connectivity index (χ0) is 11.8. The molecule has 0 spiro atoms. The van der Waals surface area contributed by atoms with Crippen molar-refractivity contribution in [2.45, 2.75) is 46.1 Å². The summed E-state index contributed by atoms with van der Waals surface area (Å²) in [5, 5.41) is 9.14.